The van der Waals surface area contributed by atoms with E-state index in [9.17, 15) is 4.79 Å². The number of nitrogens with one attached hydrogen (secondary N) is 1. The molecule has 0 spiro atoms. The molecule has 0 fully saturated rings. The average molecular weight is 283 g/mol. The van der Waals surface area contributed by atoms with Crippen LogP contribution in [0.5, 0.6) is 0 Å². The summed E-state index contributed by atoms with van der Waals surface area (Å²) in [7, 11) is 0. The zero-order valence-corrected chi connectivity index (χ0v) is 11.4. The summed E-state index contributed by atoms with van der Waals surface area (Å²) in [5.41, 5.74) is 1.97. The second kappa shape index (κ2) is 5.58. The van der Waals surface area contributed by atoms with Gasteiger partial charge in [0.25, 0.3) is 0 Å². The Labute approximate surface area is 120 Å². The Balaban J connectivity index is 1.94. The van der Waals surface area contributed by atoms with Gasteiger partial charge in [0.15, 0.2) is 5.82 Å². The maximum absolute atomic E-state index is 11.8. The molecule has 3 aromatic rings. The summed E-state index contributed by atoms with van der Waals surface area (Å²) in [4.78, 5) is 11.8. The number of ether oxygens (including phenoxy) is 1. The maximum atomic E-state index is 11.8. The summed E-state index contributed by atoms with van der Waals surface area (Å²) >= 11 is 0. The number of nitrogens with zero attached hydrogens (tertiary/aromatic N) is 4. The number of rotatable bonds is 4. The summed E-state index contributed by atoms with van der Waals surface area (Å²) in [6, 6.07) is 9.66. The Morgan fingerprint density at radius 2 is 2.14 bits per heavy atom. The number of aromatic nitrogens is 5. The molecule has 0 unspecified atom stereocenters. The van der Waals surface area contributed by atoms with Crippen LogP contribution in [0, 0.1) is 0 Å². The molecule has 3 rings (SSSR count). The number of hydrogen-bond acceptors (Lipinski definition) is 5. The topological polar surface area (TPSA) is 85.7 Å². The fourth-order valence-corrected chi connectivity index (χ4v) is 1.93. The van der Waals surface area contributed by atoms with Gasteiger partial charge in [-0.25, -0.2) is 9.48 Å². The van der Waals surface area contributed by atoms with Gasteiger partial charge in [-0.3, -0.25) is 5.10 Å². The van der Waals surface area contributed by atoms with Crippen molar-refractivity contribution in [2.24, 2.45) is 0 Å². The predicted molar refractivity (Wildman–Crippen MR) is 74.9 cm³/mol. The van der Waals surface area contributed by atoms with Crippen LogP contribution in [-0.2, 0) is 4.74 Å². The molecule has 0 atom stereocenters. The van der Waals surface area contributed by atoms with Crippen LogP contribution in [0.4, 0.5) is 0 Å². The van der Waals surface area contributed by atoms with E-state index in [0.717, 1.165) is 5.56 Å². The lowest BCUT2D eigenvalue weighted by molar-refractivity contribution is 0.0526. The van der Waals surface area contributed by atoms with Crippen molar-refractivity contribution in [1.29, 1.82) is 0 Å². The molecule has 0 radical (unpaired) electrons. The van der Waals surface area contributed by atoms with Crippen LogP contribution in [0.25, 0.3) is 17.1 Å². The first-order chi connectivity index (χ1) is 10.3. The number of H-pyrrole nitrogens is 1. The van der Waals surface area contributed by atoms with Crippen LogP contribution in [0.3, 0.4) is 0 Å². The van der Waals surface area contributed by atoms with Crippen LogP contribution in [0.15, 0.2) is 42.7 Å². The Morgan fingerprint density at radius 1 is 1.33 bits per heavy atom. The normalized spacial score (nSPS) is 10.5. The molecule has 7 heteroatoms. The van der Waals surface area contributed by atoms with E-state index < -0.39 is 5.97 Å². The molecular formula is C14H13N5O2. The fourth-order valence-electron chi connectivity index (χ4n) is 1.93. The minimum Gasteiger partial charge on any atom is -0.462 e. The lowest BCUT2D eigenvalue weighted by atomic mass is 10.2. The van der Waals surface area contributed by atoms with Crippen molar-refractivity contribution in [3.8, 4) is 17.1 Å². The van der Waals surface area contributed by atoms with E-state index in [0.29, 0.717) is 23.7 Å². The second-order valence-corrected chi connectivity index (χ2v) is 4.27. The highest BCUT2D eigenvalue weighted by Gasteiger charge is 2.17. The highest BCUT2D eigenvalue weighted by molar-refractivity contribution is 5.92. The van der Waals surface area contributed by atoms with E-state index in [1.54, 1.807) is 13.1 Å². The number of aromatic amines is 1. The lowest BCUT2D eigenvalue weighted by Gasteiger charge is -2.01. The number of benzene rings is 1. The zero-order chi connectivity index (χ0) is 14.7. The first kappa shape index (κ1) is 13.0. The van der Waals surface area contributed by atoms with Gasteiger partial charge in [0.05, 0.1) is 19.0 Å². The molecule has 21 heavy (non-hydrogen) atoms. The van der Waals surface area contributed by atoms with Crippen LogP contribution in [0.2, 0.25) is 0 Å². The van der Waals surface area contributed by atoms with Crippen molar-refractivity contribution in [3.63, 3.8) is 0 Å². The molecule has 0 aliphatic carbocycles. The number of carbonyl (C=O) groups is 1. The molecule has 0 saturated heterocycles. The van der Waals surface area contributed by atoms with E-state index in [4.69, 9.17) is 4.74 Å². The van der Waals surface area contributed by atoms with Crippen molar-refractivity contribution in [3.05, 3.63) is 48.3 Å². The molecule has 7 nitrogen and oxygen atoms in total. The molecule has 0 aliphatic rings. The molecule has 2 heterocycles. The Hall–Kier alpha value is -2.96. The zero-order valence-electron chi connectivity index (χ0n) is 11.4. The molecule has 0 aliphatic heterocycles. The minimum atomic E-state index is -0.446. The Kier molecular flexibility index (Phi) is 3.46. The molecule has 0 saturated carbocycles. The SMILES string of the molecule is CCOC(=O)c1cn[nH]c1-n1cc(-c2ccccc2)nn1. The van der Waals surface area contributed by atoms with E-state index in [-0.39, 0.29) is 0 Å². The van der Waals surface area contributed by atoms with Crippen molar-refractivity contribution in [2.45, 2.75) is 6.92 Å². The summed E-state index contributed by atoms with van der Waals surface area (Å²) < 4.78 is 6.45. The van der Waals surface area contributed by atoms with Gasteiger partial charge in [-0.05, 0) is 6.92 Å². The first-order valence-corrected chi connectivity index (χ1v) is 6.48. The largest absolute Gasteiger partial charge is 0.462 e. The van der Waals surface area contributed by atoms with Crippen molar-refractivity contribution < 1.29 is 9.53 Å². The number of esters is 1. The first-order valence-electron chi connectivity index (χ1n) is 6.48. The summed E-state index contributed by atoms with van der Waals surface area (Å²) in [6.07, 6.45) is 3.14. The molecule has 0 bridgehead atoms. The van der Waals surface area contributed by atoms with E-state index >= 15 is 0 Å². The van der Waals surface area contributed by atoms with E-state index in [1.807, 2.05) is 30.3 Å². The molecular weight excluding hydrogens is 270 g/mol. The standard InChI is InChI=1S/C14H13N5O2/c1-2-21-14(20)11-8-15-17-13(11)19-9-12(16-18-19)10-6-4-3-5-7-10/h3-9H,2H2,1H3,(H,15,17). The van der Waals surface area contributed by atoms with Crippen LogP contribution >= 0.6 is 0 Å². The number of carbonyl (C=O) groups excluding carboxylic acids is 1. The number of hydrogen-bond donors (Lipinski definition) is 1. The summed E-state index contributed by atoms with van der Waals surface area (Å²) in [5.74, 6) is -0.0128. The molecule has 106 valence electrons. The average Bonchev–Trinajstić information content (AvgIpc) is 3.17. The predicted octanol–water partition coefficient (Wildman–Crippen LogP) is 1.83. The highest BCUT2D eigenvalue weighted by Crippen LogP contribution is 2.18. The van der Waals surface area contributed by atoms with Gasteiger partial charge in [-0.2, -0.15) is 5.10 Å². The highest BCUT2D eigenvalue weighted by atomic mass is 16.5. The fraction of sp³-hybridized carbons (Fsp3) is 0.143. The maximum Gasteiger partial charge on any atom is 0.343 e. The lowest BCUT2D eigenvalue weighted by Crippen LogP contribution is -2.08. The molecule has 2 aromatic heterocycles. The Bertz CT molecular complexity index is 748. The van der Waals surface area contributed by atoms with Gasteiger partial charge in [-0.15, -0.1) is 5.10 Å². The third-order valence-electron chi connectivity index (χ3n) is 2.91. The van der Waals surface area contributed by atoms with Gasteiger partial charge in [0.2, 0.25) is 0 Å². The summed E-state index contributed by atoms with van der Waals surface area (Å²) in [6.45, 7) is 2.05. The van der Waals surface area contributed by atoms with Crippen molar-refractivity contribution in [1.82, 2.24) is 25.2 Å². The quantitative estimate of drug-likeness (QED) is 0.738. The van der Waals surface area contributed by atoms with Gasteiger partial charge in [0.1, 0.15) is 11.3 Å². The van der Waals surface area contributed by atoms with E-state index in [2.05, 4.69) is 20.5 Å². The van der Waals surface area contributed by atoms with Gasteiger partial charge < -0.3 is 4.74 Å². The monoisotopic (exact) mass is 283 g/mol. The van der Waals surface area contributed by atoms with Crippen molar-refractivity contribution in [2.75, 3.05) is 6.61 Å². The van der Waals surface area contributed by atoms with Gasteiger partial charge in [-0.1, -0.05) is 35.5 Å². The van der Waals surface area contributed by atoms with Crippen LogP contribution in [-0.4, -0.2) is 37.8 Å². The molecule has 0 amide bonds. The smallest absolute Gasteiger partial charge is 0.343 e. The Morgan fingerprint density at radius 3 is 2.90 bits per heavy atom. The molecule has 1 aromatic carbocycles. The molecule has 1 N–H and O–H groups in total. The third-order valence-corrected chi connectivity index (χ3v) is 2.91. The van der Waals surface area contributed by atoms with Crippen molar-refractivity contribution >= 4 is 5.97 Å². The third kappa shape index (κ3) is 2.53. The minimum absolute atomic E-state index is 0.302. The van der Waals surface area contributed by atoms with Crippen LogP contribution < -0.4 is 0 Å². The summed E-state index contributed by atoms with van der Waals surface area (Å²) in [5, 5.41) is 14.7. The van der Waals surface area contributed by atoms with E-state index in [1.165, 1.54) is 10.9 Å². The van der Waals surface area contributed by atoms with Gasteiger partial charge >= 0.3 is 5.97 Å². The van der Waals surface area contributed by atoms with Gasteiger partial charge in [0, 0.05) is 5.56 Å². The van der Waals surface area contributed by atoms with Crippen LogP contribution in [0.1, 0.15) is 17.3 Å². The second-order valence-electron chi connectivity index (χ2n) is 4.27.